The number of Topliss-reactive ketones (excluding diaryl/α,β-unsaturated/α-hetero) is 1. The monoisotopic (exact) mass is 272 g/mol. The molecule has 1 unspecified atom stereocenters. The van der Waals surface area contributed by atoms with E-state index in [0.717, 1.165) is 0 Å². The Bertz CT molecular complexity index is 362. The molecule has 0 aromatic rings. The smallest absolute Gasteiger partial charge is 0.352 e. The number of ketones is 1. The van der Waals surface area contributed by atoms with Gasteiger partial charge in [0.15, 0.2) is 5.78 Å². The van der Waals surface area contributed by atoms with Gasteiger partial charge >= 0.3 is 11.9 Å². The van der Waals surface area contributed by atoms with Crippen molar-refractivity contribution in [3.8, 4) is 0 Å². The van der Waals surface area contributed by atoms with E-state index in [9.17, 15) is 14.4 Å². The number of carbonyl (C=O) groups is 3. The zero-order chi connectivity index (χ0) is 14.6. The third kappa shape index (κ3) is 4.31. The molecule has 1 fully saturated rings. The third-order valence-corrected chi connectivity index (χ3v) is 2.94. The first-order valence-electron chi connectivity index (χ1n) is 6.29. The first-order chi connectivity index (χ1) is 8.73. The van der Waals surface area contributed by atoms with Crippen molar-refractivity contribution >= 4 is 17.7 Å². The van der Waals surface area contributed by atoms with Crippen LogP contribution in [0.15, 0.2) is 0 Å². The molecule has 0 aromatic heterocycles. The number of hydrogen-bond acceptors (Lipinski definition) is 5. The molecule has 6 nitrogen and oxygen atoms in total. The number of ether oxygens (including phenoxy) is 2. The summed E-state index contributed by atoms with van der Waals surface area (Å²) >= 11 is 0. The summed E-state index contributed by atoms with van der Waals surface area (Å²) in [6, 6.07) is 0. The van der Waals surface area contributed by atoms with Crippen LogP contribution in [0.25, 0.3) is 0 Å². The third-order valence-electron chi connectivity index (χ3n) is 2.94. The van der Waals surface area contributed by atoms with Crippen molar-refractivity contribution in [1.82, 2.24) is 0 Å². The Morgan fingerprint density at radius 3 is 2.16 bits per heavy atom. The predicted molar refractivity (Wildman–Crippen MR) is 65.5 cm³/mol. The second-order valence-electron chi connectivity index (χ2n) is 5.66. The van der Waals surface area contributed by atoms with Gasteiger partial charge in [-0.1, -0.05) is 0 Å². The Morgan fingerprint density at radius 2 is 1.74 bits per heavy atom. The molecule has 19 heavy (non-hydrogen) atoms. The zero-order valence-electron chi connectivity index (χ0n) is 11.5. The number of aliphatic carboxylic acids is 1. The molecule has 0 spiro atoms. The van der Waals surface area contributed by atoms with Gasteiger partial charge in [0.05, 0.1) is 5.41 Å². The molecule has 0 aliphatic carbocycles. The highest BCUT2D eigenvalue weighted by Crippen LogP contribution is 2.21. The molecule has 1 saturated heterocycles. The Labute approximate surface area is 112 Å². The summed E-state index contributed by atoms with van der Waals surface area (Å²) in [4.78, 5) is 34.9. The van der Waals surface area contributed by atoms with E-state index in [4.69, 9.17) is 14.6 Å². The molecular weight excluding hydrogens is 252 g/mol. The van der Waals surface area contributed by atoms with Crippen LogP contribution in [-0.4, -0.2) is 42.1 Å². The van der Waals surface area contributed by atoms with Crippen LogP contribution in [-0.2, 0) is 23.9 Å². The Balaban J connectivity index is 2.74. The first kappa shape index (κ1) is 15.6. The highest BCUT2D eigenvalue weighted by Gasteiger charge is 2.38. The summed E-state index contributed by atoms with van der Waals surface area (Å²) in [6.45, 7) is 5.67. The summed E-state index contributed by atoms with van der Waals surface area (Å²) in [7, 11) is 0. The number of rotatable bonds is 4. The largest absolute Gasteiger partial charge is 0.478 e. The molecule has 6 heteroatoms. The van der Waals surface area contributed by atoms with Gasteiger partial charge in [-0.05, 0) is 33.6 Å². The van der Waals surface area contributed by atoms with E-state index < -0.39 is 35.2 Å². The van der Waals surface area contributed by atoms with Crippen LogP contribution < -0.4 is 0 Å². The number of carboxylic acids is 1. The summed E-state index contributed by atoms with van der Waals surface area (Å²) < 4.78 is 9.98. The minimum atomic E-state index is -1.71. The minimum absolute atomic E-state index is 0.414. The summed E-state index contributed by atoms with van der Waals surface area (Å²) in [5, 5.41) is 9.06. The van der Waals surface area contributed by atoms with Crippen molar-refractivity contribution in [3.05, 3.63) is 0 Å². The normalized spacial score (nSPS) is 18.7. The lowest BCUT2D eigenvalue weighted by Gasteiger charge is -2.25. The van der Waals surface area contributed by atoms with Gasteiger partial charge in [-0.3, -0.25) is 9.59 Å². The molecule has 0 bridgehead atoms. The standard InChI is InChI=1S/C13H20O6/c1-13(2,3)12(17)19-10(11(15)16)9(14)8-4-6-18-7-5-8/h8,10H,4-7H2,1-3H3,(H,15,16). The van der Waals surface area contributed by atoms with Crippen LogP contribution in [0, 0.1) is 11.3 Å². The van der Waals surface area contributed by atoms with Crippen molar-refractivity contribution in [2.24, 2.45) is 11.3 Å². The van der Waals surface area contributed by atoms with Gasteiger partial charge in [0.25, 0.3) is 6.10 Å². The number of carboxylic acid groups (broad SMARTS) is 1. The second kappa shape index (κ2) is 6.14. The van der Waals surface area contributed by atoms with E-state index >= 15 is 0 Å². The van der Waals surface area contributed by atoms with Crippen molar-refractivity contribution in [2.45, 2.75) is 39.7 Å². The summed E-state index contributed by atoms with van der Waals surface area (Å²) in [6.07, 6.45) is -0.777. The van der Waals surface area contributed by atoms with E-state index in [-0.39, 0.29) is 0 Å². The molecular formula is C13H20O6. The molecule has 1 heterocycles. The molecule has 1 aliphatic heterocycles. The van der Waals surface area contributed by atoms with Gasteiger partial charge < -0.3 is 14.6 Å². The van der Waals surface area contributed by atoms with Crippen molar-refractivity contribution in [1.29, 1.82) is 0 Å². The van der Waals surface area contributed by atoms with Crippen LogP contribution in [0.2, 0.25) is 0 Å². The lowest BCUT2D eigenvalue weighted by atomic mass is 9.91. The summed E-state index contributed by atoms with van der Waals surface area (Å²) in [5.41, 5.74) is -0.844. The van der Waals surface area contributed by atoms with Gasteiger partial charge in [0.2, 0.25) is 0 Å². The maximum Gasteiger partial charge on any atom is 0.352 e. The molecule has 1 atom stereocenters. The number of hydrogen-bond donors (Lipinski definition) is 1. The minimum Gasteiger partial charge on any atom is -0.478 e. The highest BCUT2D eigenvalue weighted by atomic mass is 16.6. The van der Waals surface area contributed by atoms with E-state index in [1.54, 1.807) is 20.8 Å². The maximum absolute atomic E-state index is 12.1. The van der Waals surface area contributed by atoms with Crippen LogP contribution in [0.4, 0.5) is 0 Å². The van der Waals surface area contributed by atoms with Crippen molar-refractivity contribution < 1.29 is 29.0 Å². The Morgan fingerprint density at radius 1 is 1.21 bits per heavy atom. The molecule has 0 saturated carbocycles. The van der Waals surface area contributed by atoms with Gasteiger partial charge in [-0.25, -0.2) is 4.79 Å². The van der Waals surface area contributed by atoms with Crippen LogP contribution in [0.1, 0.15) is 33.6 Å². The SMILES string of the molecule is CC(C)(C)C(=O)OC(C(=O)O)C(=O)C1CCOCC1. The topological polar surface area (TPSA) is 89.9 Å². The average molecular weight is 272 g/mol. The van der Waals surface area contributed by atoms with Crippen molar-refractivity contribution in [2.75, 3.05) is 13.2 Å². The second-order valence-corrected chi connectivity index (χ2v) is 5.66. The van der Waals surface area contributed by atoms with Crippen LogP contribution in [0.3, 0.4) is 0 Å². The quantitative estimate of drug-likeness (QED) is 0.607. The molecule has 108 valence electrons. The van der Waals surface area contributed by atoms with Gasteiger partial charge in [0.1, 0.15) is 0 Å². The molecule has 0 amide bonds. The Hall–Kier alpha value is -1.43. The van der Waals surface area contributed by atoms with Crippen LogP contribution in [0.5, 0.6) is 0 Å². The van der Waals surface area contributed by atoms with E-state index in [0.29, 0.717) is 26.1 Å². The molecule has 1 N–H and O–H groups in total. The molecule has 0 aromatic carbocycles. The lowest BCUT2D eigenvalue weighted by Crippen LogP contribution is -2.42. The van der Waals surface area contributed by atoms with Gasteiger partial charge in [-0.15, -0.1) is 0 Å². The van der Waals surface area contributed by atoms with E-state index in [2.05, 4.69) is 0 Å². The maximum atomic E-state index is 12.1. The summed E-state index contributed by atoms with van der Waals surface area (Å²) in [5.74, 6) is -3.08. The number of carbonyl (C=O) groups excluding carboxylic acids is 2. The molecule has 1 rings (SSSR count). The number of esters is 1. The van der Waals surface area contributed by atoms with Crippen molar-refractivity contribution in [3.63, 3.8) is 0 Å². The fourth-order valence-corrected chi connectivity index (χ4v) is 1.71. The van der Waals surface area contributed by atoms with Crippen LogP contribution >= 0.6 is 0 Å². The highest BCUT2D eigenvalue weighted by molar-refractivity contribution is 6.04. The van der Waals surface area contributed by atoms with Gasteiger partial charge in [0, 0.05) is 19.1 Å². The van der Waals surface area contributed by atoms with E-state index in [1.807, 2.05) is 0 Å². The zero-order valence-corrected chi connectivity index (χ0v) is 11.5. The molecule has 1 aliphatic rings. The fourth-order valence-electron chi connectivity index (χ4n) is 1.71. The predicted octanol–water partition coefficient (Wildman–Crippen LogP) is 1.02. The average Bonchev–Trinajstić information content (AvgIpc) is 2.34. The first-order valence-corrected chi connectivity index (χ1v) is 6.29. The molecule has 0 radical (unpaired) electrons. The van der Waals surface area contributed by atoms with E-state index in [1.165, 1.54) is 0 Å². The lowest BCUT2D eigenvalue weighted by molar-refractivity contribution is -0.174. The van der Waals surface area contributed by atoms with Gasteiger partial charge in [-0.2, -0.15) is 0 Å². The Kier molecular flexibility index (Phi) is 5.05. The fraction of sp³-hybridized carbons (Fsp3) is 0.769.